The summed E-state index contributed by atoms with van der Waals surface area (Å²) < 4.78 is 0. The lowest BCUT2D eigenvalue weighted by atomic mass is 9.73. The fourth-order valence-electron chi connectivity index (χ4n) is 4.25. The number of imide groups is 1. The summed E-state index contributed by atoms with van der Waals surface area (Å²) in [4.78, 5) is 55.0. The number of likely N-dealkylation sites (N-methyl/N-ethyl adjacent to an activating group) is 1. The van der Waals surface area contributed by atoms with E-state index in [1.807, 2.05) is 19.0 Å². The van der Waals surface area contributed by atoms with Crippen molar-refractivity contribution >= 4 is 23.8 Å². The molecule has 0 aromatic heterocycles. The van der Waals surface area contributed by atoms with Crippen LogP contribution in [0, 0.1) is 5.41 Å². The number of rotatable bonds is 5. The highest BCUT2D eigenvalue weighted by molar-refractivity contribution is 6.03. The fraction of sp³-hybridized carbons (Fsp3) is 0.778. The van der Waals surface area contributed by atoms with E-state index in [9.17, 15) is 19.2 Å². The predicted octanol–water partition coefficient (Wildman–Crippen LogP) is -0.669. The van der Waals surface area contributed by atoms with E-state index in [1.165, 1.54) is 4.90 Å². The first-order valence-corrected chi connectivity index (χ1v) is 9.57. The van der Waals surface area contributed by atoms with E-state index in [0.29, 0.717) is 32.6 Å². The van der Waals surface area contributed by atoms with E-state index in [0.717, 1.165) is 25.8 Å². The number of carbonyl (C=O) groups excluding carboxylic acids is 4. The molecule has 1 spiro atoms. The van der Waals surface area contributed by atoms with Gasteiger partial charge in [0.2, 0.25) is 17.7 Å². The van der Waals surface area contributed by atoms with E-state index in [4.69, 9.17) is 0 Å². The SMILES string of the molecule is CN(C)CCN1C[C@@]2(CCCN(C(=O)CN3CC(=O)NC3=O)C2)CCC1=O. The summed E-state index contributed by atoms with van der Waals surface area (Å²) >= 11 is 0. The Morgan fingerprint density at radius 3 is 2.59 bits per heavy atom. The van der Waals surface area contributed by atoms with Gasteiger partial charge in [-0.1, -0.05) is 0 Å². The molecule has 9 heteroatoms. The van der Waals surface area contributed by atoms with Gasteiger partial charge in [-0.25, -0.2) is 4.79 Å². The maximum Gasteiger partial charge on any atom is 0.325 e. The third kappa shape index (κ3) is 4.58. The minimum absolute atomic E-state index is 0.0583. The molecule has 0 aromatic carbocycles. The standard InChI is InChI=1S/C18H29N5O4/c1-20(2)8-9-22-13-18(6-4-15(22)25)5-3-7-21(12-18)16(26)11-23-10-14(24)19-17(23)27/h3-13H2,1-2H3,(H,19,24,27)/t18-/m0/s1. The number of hydrogen-bond donors (Lipinski definition) is 1. The van der Waals surface area contributed by atoms with Crippen molar-refractivity contribution in [2.24, 2.45) is 5.41 Å². The molecule has 0 aliphatic carbocycles. The minimum Gasteiger partial charge on any atom is -0.341 e. The maximum atomic E-state index is 12.7. The summed E-state index contributed by atoms with van der Waals surface area (Å²) in [5.74, 6) is -0.306. The average molecular weight is 379 g/mol. The Morgan fingerprint density at radius 1 is 1.15 bits per heavy atom. The van der Waals surface area contributed by atoms with Crippen LogP contribution in [0.1, 0.15) is 25.7 Å². The van der Waals surface area contributed by atoms with E-state index in [1.54, 1.807) is 4.90 Å². The van der Waals surface area contributed by atoms with Crippen molar-refractivity contribution in [3.8, 4) is 0 Å². The fourth-order valence-corrected chi connectivity index (χ4v) is 4.25. The average Bonchev–Trinajstić information content (AvgIpc) is 2.93. The lowest BCUT2D eigenvalue weighted by Crippen LogP contribution is -2.56. The zero-order valence-electron chi connectivity index (χ0n) is 16.2. The molecule has 5 amide bonds. The van der Waals surface area contributed by atoms with Crippen molar-refractivity contribution in [2.75, 3.05) is 59.9 Å². The maximum absolute atomic E-state index is 12.7. The zero-order chi connectivity index (χ0) is 19.6. The Kier molecular flexibility index (Phi) is 5.69. The van der Waals surface area contributed by atoms with E-state index < -0.39 is 6.03 Å². The van der Waals surface area contributed by atoms with Gasteiger partial charge in [-0.15, -0.1) is 0 Å². The van der Waals surface area contributed by atoms with Crippen LogP contribution in [0.25, 0.3) is 0 Å². The molecule has 0 bridgehead atoms. The van der Waals surface area contributed by atoms with Crippen molar-refractivity contribution in [1.82, 2.24) is 24.9 Å². The third-order valence-corrected chi connectivity index (χ3v) is 5.77. The number of nitrogens with zero attached hydrogens (tertiary/aromatic N) is 4. The van der Waals surface area contributed by atoms with Crippen LogP contribution in [0.15, 0.2) is 0 Å². The number of likely N-dealkylation sites (tertiary alicyclic amines) is 2. The molecule has 150 valence electrons. The highest BCUT2D eigenvalue weighted by Crippen LogP contribution is 2.38. The van der Waals surface area contributed by atoms with Crippen molar-refractivity contribution in [3.05, 3.63) is 0 Å². The summed E-state index contributed by atoms with van der Waals surface area (Å²) in [5.41, 5.74) is -0.0583. The molecule has 9 nitrogen and oxygen atoms in total. The minimum atomic E-state index is -0.502. The quantitative estimate of drug-likeness (QED) is 0.640. The van der Waals surface area contributed by atoms with E-state index in [2.05, 4.69) is 10.2 Å². The normalized spacial score (nSPS) is 26.3. The topological polar surface area (TPSA) is 93.3 Å². The highest BCUT2D eigenvalue weighted by Gasteiger charge is 2.43. The van der Waals surface area contributed by atoms with E-state index >= 15 is 0 Å². The van der Waals surface area contributed by atoms with Crippen LogP contribution in [0.5, 0.6) is 0 Å². The van der Waals surface area contributed by atoms with Crippen LogP contribution in [-0.4, -0.2) is 103 Å². The lowest BCUT2D eigenvalue weighted by molar-refractivity contribution is -0.143. The first-order chi connectivity index (χ1) is 12.8. The predicted molar refractivity (Wildman–Crippen MR) is 97.7 cm³/mol. The molecule has 1 N–H and O–H groups in total. The molecule has 1 atom stereocenters. The zero-order valence-corrected chi connectivity index (χ0v) is 16.2. The first-order valence-electron chi connectivity index (χ1n) is 9.57. The van der Waals surface area contributed by atoms with Gasteiger partial charge in [-0.3, -0.25) is 19.7 Å². The Bertz CT molecular complexity index is 637. The largest absolute Gasteiger partial charge is 0.341 e. The second-order valence-electron chi connectivity index (χ2n) is 8.25. The van der Waals surface area contributed by atoms with Crippen molar-refractivity contribution in [3.63, 3.8) is 0 Å². The molecule has 3 rings (SSSR count). The molecule has 0 saturated carbocycles. The van der Waals surface area contributed by atoms with Gasteiger partial charge >= 0.3 is 6.03 Å². The van der Waals surface area contributed by atoms with Gasteiger partial charge < -0.3 is 19.6 Å². The molecular weight excluding hydrogens is 350 g/mol. The molecule has 3 heterocycles. The molecule has 0 aromatic rings. The molecule has 0 unspecified atom stereocenters. The number of nitrogens with one attached hydrogen (secondary N) is 1. The smallest absolute Gasteiger partial charge is 0.325 e. The third-order valence-electron chi connectivity index (χ3n) is 5.77. The molecule has 3 fully saturated rings. The van der Waals surface area contributed by atoms with Crippen molar-refractivity contribution in [2.45, 2.75) is 25.7 Å². The van der Waals surface area contributed by atoms with Gasteiger partial charge in [0.25, 0.3) is 0 Å². The number of piperidine rings is 2. The number of hydrogen-bond acceptors (Lipinski definition) is 5. The molecule has 3 aliphatic rings. The Balaban J connectivity index is 1.60. The number of amides is 5. The van der Waals surface area contributed by atoms with Crippen molar-refractivity contribution in [1.29, 1.82) is 0 Å². The summed E-state index contributed by atoms with van der Waals surface area (Å²) in [5, 5.41) is 2.19. The van der Waals surface area contributed by atoms with Gasteiger partial charge in [-0.2, -0.15) is 0 Å². The van der Waals surface area contributed by atoms with E-state index in [-0.39, 0.29) is 36.2 Å². The van der Waals surface area contributed by atoms with Crippen LogP contribution < -0.4 is 5.32 Å². The molecule has 0 radical (unpaired) electrons. The van der Waals surface area contributed by atoms with Crippen molar-refractivity contribution < 1.29 is 19.2 Å². The van der Waals surface area contributed by atoms with Gasteiger partial charge in [0.1, 0.15) is 13.1 Å². The van der Waals surface area contributed by atoms with Crippen LogP contribution >= 0.6 is 0 Å². The summed E-state index contributed by atoms with van der Waals surface area (Å²) in [6.07, 6.45) is 3.23. The van der Waals surface area contributed by atoms with Gasteiger partial charge in [0.15, 0.2) is 0 Å². The number of carbonyl (C=O) groups is 4. The van der Waals surface area contributed by atoms with Gasteiger partial charge in [0, 0.05) is 44.6 Å². The molecule has 27 heavy (non-hydrogen) atoms. The molecule has 3 aliphatic heterocycles. The van der Waals surface area contributed by atoms with Crippen LogP contribution in [0.2, 0.25) is 0 Å². The Labute approximate surface area is 159 Å². The summed E-state index contributed by atoms with van der Waals surface area (Å²) in [6.45, 7) is 3.36. The van der Waals surface area contributed by atoms with Gasteiger partial charge in [-0.05, 0) is 33.4 Å². The van der Waals surface area contributed by atoms with Crippen LogP contribution in [0.4, 0.5) is 4.79 Å². The molecule has 3 saturated heterocycles. The summed E-state index contributed by atoms with van der Waals surface area (Å²) in [6, 6.07) is -0.502. The lowest BCUT2D eigenvalue weighted by Gasteiger charge is -2.48. The Morgan fingerprint density at radius 2 is 1.93 bits per heavy atom. The van der Waals surface area contributed by atoms with Gasteiger partial charge in [0.05, 0.1) is 0 Å². The number of urea groups is 1. The van der Waals surface area contributed by atoms with Crippen LogP contribution in [0.3, 0.4) is 0 Å². The van der Waals surface area contributed by atoms with Crippen LogP contribution in [-0.2, 0) is 14.4 Å². The second-order valence-corrected chi connectivity index (χ2v) is 8.25. The second kappa shape index (κ2) is 7.84. The Hall–Kier alpha value is -2.16. The molecular formula is C18H29N5O4. The first kappa shape index (κ1) is 19.6. The monoisotopic (exact) mass is 379 g/mol. The highest BCUT2D eigenvalue weighted by atomic mass is 16.2. The summed E-state index contributed by atoms with van der Waals surface area (Å²) in [7, 11) is 3.98.